The van der Waals surface area contributed by atoms with Gasteiger partial charge in [0.05, 0.1) is 16.8 Å². The molecule has 0 unspecified atom stereocenters. The molecule has 158 valence electrons. The Hall–Kier alpha value is -2.83. The van der Waals surface area contributed by atoms with Crippen molar-refractivity contribution in [3.8, 4) is 0 Å². The van der Waals surface area contributed by atoms with E-state index in [0.717, 1.165) is 41.8 Å². The van der Waals surface area contributed by atoms with Crippen LogP contribution in [0.5, 0.6) is 0 Å². The van der Waals surface area contributed by atoms with Gasteiger partial charge in [-0.05, 0) is 48.9 Å². The van der Waals surface area contributed by atoms with Gasteiger partial charge < -0.3 is 15.5 Å². The first kappa shape index (κ1) is 20.1. The van der Waals surface area contributed by atoms with Gasteiger partial charge in [-0.25, -0.2) is 4.79 Å². The van der Waals surface area contributed by atoms with Crippen LogP contribution in [0.4, 0.5) is 15.5 Å². The Morgan fingerprint density at radius 1 is 1.06 bits per heavy atom. The molecule has 7 heteroatoms. The number of carbonyl (C=O) groups is 2. The van der Waals surface area contributed by atoms with E-state index in [9.17, 15) is 9.59 Å². The van der Waals surface area contributed by atoms with Gasteiger partial charge in [0.15, 0.2) is 0 Å². The average molecular weight is 452 g/mol. The Morgan fingerprint density at radius 3 is 2.61 bits per heavy atom. The van der Waals surface area contributed by atoms with Crippen molar-refractivity contribution >= 4 is 45.6 Å². The van der Waals surface area contributed by atoms with Gasteiger partial charge in [-0.1, -0.05) is 54.1 Å². The first-order valence-corrected chi connectivity index (χ1v) is 11.6. The van der Waals surface area contributed by atoms with Gasteiger partial charge in [-0.3, -0.25) is 4.79 Å². The molecule has 5 nitrogen and oxygen atoms in total. The van der Waals surface area contributed by atoms with E-state index in [4.69, 9.17) is 11.6 Å². The minimum absolute atomic E-state index is 0.0357. The van der Waals surface area contributed by atoms with Crippen LogP contribution in [0.25, 0.3) is 0 Å². The molecule has 31 heavy (non-hydrogen) atoms. The monoisotopic (exact) mass is 451 g/mol. The van der Waals surface area contributed by atoms with E-state index in [-0.39, 0.29) is 24.5 Å². The summed E-state index contributed by atoms with van der Waals surface area (Å²) < 4.78 is 0. The van der Waals surface area contributed by atoms with Crippen LogP contribution in [0.2, 0.25) is 5.02 Å². The second kappa shape index (κ2) is 8.36. The summed E-state index contributed by atoms with van der Waals surface area (Å²) >= 11 is 7.93. The summed E-state index contributed by atoms with van der Waals surface area (Å²) in [6, 6.07) is 16.4. The fourth-order valence-electron chi connectivity index (χ4n) is 4.46. The molecule has 1 atom stereocenters. The number of benzene rings is 2. The highest BCUT2D eigenvalue weighted by atomic mass is 35.5. The first-order valence-electron chi connectivity index (χ1n) is 10.4. The zero-order chi connectivity index (χ0) is 21.4. The predicted octanol–water partition coefficient (Wildman–Crippen LogP) is 5.86. The normalized spacial score (nSPS) is 17.9. The highest BCUT2D eigenvalue weighted by molar-refractivity contribution is 7.16. The van der Waals surface area contributed by atoms with Crippen LogP contribution >= 0.6 is 22.9 Å². The lowest BCUT2D eigenvalue weighted by Gasteiger charge is -2.31. The van der Waals surface area contributed by atoms with E-state index in [1.54, 1.807) is 28.4 Å². The molecule has 1 aliphatic heterocycles. The number of thiophene rings is 1. The second-order valence-corrected chi connectivity index (χ2v) is 9.37. The predicted molar refractivity (Wildman–Crippen MR) is 125 cm³/mol. The van der Waals surface area contributed by atoms with Crippen molar-refractivity contribution in [2.45, 2.75) is 31.7 Å². The standard InChI is InChI=1S/C24H22ClN3O2S/c25-17-11-5-6-12-18(17)26-24(30)28-14-20(29)27-23-21(16-10-4-7-13-19(16)31-23)22(28)15-8-2-1-3-9-15/h1-3,5-6,8-9,11-12,22H,4,7,10,13-14H2,(H,26,30)(H,27,29)/t22-/m0/s1. The van der Waals surface area contributed by atoms with Crippen LogP contribution in [0.15, 0.2) is 54.6 Å². The molecule has 2 N–H and O–H groups in total. The molecule has 2 heterocycles. The number of carbonyl (C=O) groups excluding carboxylic acids is 2. The van der Waals surface area contributed by atoms with Gasteiger partial charge >= 0.3 is 6.03 Å². The number of aryl methyl sites for hydroxylation is 1. The number of rotatable bonds is 2. The summed E-state index contributed by atoms with van der Waals surface area (Å²) in [6.45, 7) is -0.0357. The average Bonchev–Trinajstić information content (AvgIpc) is 3.05. The van der Waals surface area contributed by atoms with Gasteiger partial charge in [0.1, 0.15) is 11.5 Å². The number of nitrogens with one attached hydrogen (secondary N) is 2. The zero-order valence-electron chi connectivity index (χ0n) is 16.9. The van der Waals surface area contributed by atoms with E-state index in [1.807, 2.05) is 42.5 Å². The Labute approximate surface area is 190 Å². The van der Waals surface area contributed by atoms with E-state index in [1.165, 1.54) is 10.4 Å². The van der Waals surface area contributed by atoms with Crippen LogP contribution in [0, 0.1) is 0 Å². The van der Waals surface area contributed by atoms with Crippen molar-refractivity contribution in [1.82, 2.24) is 4.90 Å². The number of para-hydroxylation sites is 1. The van der Waals surface area contributed by atoms with E-state index in [0.29, 0.717) is 10.7 Å². The number of anilines is 2. The number of hydrogen-bond acceptors (Lipinski definition) is 3. The molecule has 0 fully saturated rings. The molecular weight excluding hydrogens is 430 g/mol. The van der Waals surface area contributed by atoms with Crippen molar-refractivity contribution in [2.75, 3.05) is 17.2 Å². The summed E-state index contributed by atoms with van der Waals surface area (Å²) in [5, 5.41) is 7.31. The number of nitrogens with zero attached hydrogens (tertiary/aromatic N) is 1. The molecule has 1 aromatic heterocycles. The maximum absolute atomic E-state index is 13.5. The fraction of sp³-hybridized carbons (Fsp3) is 0.250. The molecule has 3 aromatic rings. The summed E-state index contributed by atoms with van der Waals surface area (Å²) in [6.07, 6.45) is 4.28. The lowest BCUT2D eigenvalue weighted by Crippen LogP contribution is -2.41. The van der Waals surface area contributed by atoms with Crippen molar-refractivity contribution in [3.63, 3.8) is 0 Å². The summed E-state index contributed by atoms with van der Waals surface area (Å²) in [5.41, 5.74) is 3.86. The Balaban J connectivity index is 1.62. The number of hydrogen-bond donors (Lipinski definition) is 2. The van der Waals surface area contributed by atoms with Crippen LogP contribution in [0.1, 0.15) is 40.5 Å². The number of amides is 3. The third-order valence-electron chi connectivity index (χ3n) is 5.86. The molecule has 0 radical (unpaired) electrons. The van der Waals surface area contributed by atoms with Gasteiger partial charge in [-0.2, -0.15) is 0 Å². The van der Waals surface area contributed by atoms with Gasteiger partial charge in [0.2, 0.25) is 5.91 Å². The SMILES string of the molecule is O=C1CN(C(=O)Nc2ccccc2Cl)[C@@H](c2ccccc2)c2c(sc3c2CCCC3)N1. The zero-order valence-corrected chi connectivity index (χ0v) is 18.4. The summed E-state index contributed by atoms with van der Waals surface area (Å²) in [4.78, 5) is 29.2. The Bertz CT molecular complexity index is 1140. The van der Waals surface area contributed by atoms with Crippen molar-refractivity contribution in [2.24, 2.45) is 0 Å². The Kier molecular flexibility index (Phi) is 5.42. The molecule has 0 saturated heterocycles. The van der Waals surface area contributed by atoms with Crippen LogP contribution in [-0.2, 0) is 17.6 Å². The molecule has 0 saturated carbocycles. The lowest BCUT2D eigenvalue weighted by atomic mass is 9.89. The third kappa shape index (κ3) is 3.82. The highest BCUT2D eigenvalue weighted by Crippen LogP contribution is 2.46. The van der Waals surface area contributed by atoms with Gasteiger partial charge in [-0.15, -0.1) is 11.3 Å². The van der Waals surface area contributed by atoms with Crippen molar-refractivity contribution in [3.05, 3.63) is 81.2 Å². The molecule has 5 rings (SSSR count). The molecule has 0 bridgehead atoms. The molecule has 3 amide bonds. The largest absolute Gasteiger partial charge is 0.323 e. The second-order valence-electron chi connectivity index (χ2n) is 7.85. The molecule has 1 aliphatic carbocycles. The van der Waals surface area contributed by atoms with E-state index >= 15 is 0 Å². The molecular formula is C24H22ClN3O2S. The third-order valence-corrected chi connectivity index (χ3v) is 7.41. The van der Waals surface area contributed by atoms with Gasteiger partial charge in [0.25, 0.3) is 0 Å². The van der Waals surface area contributed by atoms with Crippen LogP contribution in [0.3, 0.4) is 0 Å². The molecule has 0 spiro atoms. The van der Waals surface area contributed by atoms with E-state index < -0.39 is 0 Å². The number of halogens is 1. The van der Waals surface area contributed by atoms with Crippen molar-refractivity contribution < 1.29 is 9.59 Å². The number of fused-ring (bicyclic) bond motifs is 3. The highest BCUT2D eigenvalue weighted by Gasteiger charge is 2.37. The fourth-order valence-corrected chi connectivity index (χ4v) is 5.98. The summed E-state index contributed by atoms with van der Waals surface area (Å²) in [5.74, 6) is -0.187. The maximum atomic E-state index is 13.5. The quantitative estimate of drug-likeness (QED) is 0.513. The molecule has 2 aromatic carbocycles. The molecule has 2 aliphatic rings. The van der Waals surface area contributed by atoms with Gasteiger partial charge in [0, 0.05) is 10.4 Å². The van der Waals surface area contributed by atoms with Crippen LogP contribution in [-0.4, -0.2) is 23.4 Å². The maximum Gasteiger partial charge on any atom is 0.323 e. The first-order chi connectivity index (χ1) is 15.1. The smallest absolute Gasteiger partial charge is 0.316 e. The lowest BCUT2D eigenvalue weighted by molar-refractivity contribution is -0.116. The van der Waals surface area contributed by atoms with E-state index in [2.05, 4.69) is 10.6 Å². The summed E-state index contributed by atoms with van der Waals surface area (Å²) in [7, 11) is 0. The minimum atomic E-state index is -0.351. The topological polar surface area (TPSA) is 61.4 Å². The van der Waals surface area contributed by atoms with Crippen LogP contribution < -0.4 is 10.6 Å². The Morgan fingerprint density at radius 2 is 1.81 bits per heavy atom. The minimum Gasteiger partial charge on any atom is -0.316 e. The number of urea groups is 1. The van der Waals surface area contributed by atoms with Crippen molar-refractivity contribution in [1.29, 1.82) is 0 Å².